The zero-order chi connectivity index (χ0) is 29.5. The summed E-state index contributed by atoms with van der Waals surface area (Å²) in [4.78, 5) is 43.6. The molecule has 216 valence electrons. The molecule has 1 aromatic heterocycles. The molecular formula is C30H32N2O8S. The van der Waals surface area contributed by atoms with Crippen molar-refractivity contribution in [1.82, 2.24) is 4.57 Å². The van der Waals surface area contributed by atoms with Crippen LogP contribution in [-0.2, 0) is 19.1 Å². The van der Waals surface area contributed by atoms with Crippen LogP contribution < -0.4 is 29.1 Å². The minimum Gasteiger partial charge on any atom is -0.493 e. The van der Waals surface area contributed by atoms with Crippen LogP contribution in [0.3, 0.4) is 0 Å². The Bertz CT molecular complexity index is 1640. The molecule has 0 fully saturated rings. The van der Waals surface area contributed by atoms with Crippen molar-refractivity contribution in [3.63, 3.8) is 0 Å². The molecule has 0 saturated carbocycles. The summed E-state index contributed by atoms with van der Waals surface area (Å²) in [6, 6.07) is 11.5. The molecule has 0 N–H and O–H groups in total. The van der Waals surface area contributed by atoms with E-state index in [1.807, 2.05) is 6.92 Å². The Balaban J connectivity index is 1.78. The Morgan fingerprint density at radius 1 is 0.976 bits per heavy atom. The van der Waals surface area contributed by atoms with Crippen LogP contribution in [0.4, 0.5) is 0 Å². The number of benzene rings is 2. The van der Waals surface area contributed by atoms with Gasteiger partial charge in [0, 0.05) is 0 Å². The molecule has 2 heterocycles. The van der Waals surface area contributed by atoms with Gasteiger partial charge in [-0.05, 0) is 69.2 Å². The van der Waals surface area contributed by atoms with Crippen molar-refractivity contribution >= 4 is 29.4 Å². The number of nitrogens with zero attached hydrogens (tertiary/aromatic N) is 2. The predicted molar refractivity (Wildman–Crippen MR) is 153 cm³/mol. The molecule has 4 rings (SSSR count). The van der Waals surface area contributed by atoms with Crippen LogP contribution in [0.25, 0.3) is 6.08 Å². The number of carbonyl (C=O) groups is 2. The van der Waals surface area contributed by atoms with E-state index in [1.54, 1.807) is 76.4 Å². The molecule has 0 amide bonds. The van der Waals surface area contributed by atoms with E-state index in [0.29, 0.717) is 44.4 Å². The fraction of sp³-hybridized carbons (Fsp3) is 0.333. The van der Waals surface area contributed by atoms with Gasteiger partial charge >= 0.3 is 11.9 Å². The van der Waals surface area contributed by atoms with Gasteiger partial charge in [-0.3, -0.25) is 9.36 Å². The standard InChI is InChI=1S/C30H32N2O8S/c1-6-37-23-16-20(11-14-22(23)36-5)27-26(29(35)39-8-3)18(4)31-30-32(27)28(34)24(41-30)15-19-9-12-21(13-10-19)40-17-25(33)38-7-2/h9-16,27H,6-8,17H2,1-5H3/b24-15-/t27-/m1/s1. The molecule has 3 aromatic rings. The van der Waals surface area contributed by atoms with E-state index in [-0.39, 0.29) is 31.0 Å². The van der Waals surface area contributed by atoms with Crippen LogP contribution in [0.1, 0.15) is 44.9 Å². The molecule has 1 aliphatic rings. The van der Waals surface area contributed by atoms with E-state index in [0.717, 1.165) is 5.56 Å². The number of ether oxygens (including phenoxy) is 5. The van der Waals surface area contributed by atoms with Gasteiger partial charge in [0.15, 0.2) is 22.9 Å². The molecule has 0 aliphatic carbocycles. The minimum absolute atomic E-state index is 0.180. The van der Waals surface area contributed by atoms with Gasteiger partial charge in [-0.25, -0.2) is 14.6 Å². The quantitative estimate of drug-likeness (QED) is 0.318. The molecule has 41 heavy (non-hydrogen) atoms. The third kappa shape index (κ3) is 6.51. The highest BCUT2D eigenvalue weighted by Crippen LogP contribution is 2.36. The Hall–Kier alpha value is -4.38. The molecule has 1 atom stereocenters. The first-order valence-electron chi connectivity index (χ1n) is 13.2. The van der Waals surface area contributed by atoms with Gasteiger partial charge in [-0.2, -0.15) is 0 Å². The van der Waals surface area contributed by atoms with Crippen LogP contribution >= 0.6 is 11.3 Å². The monoisotopic (exact) mass is 580 g/mol. The predicted octanol–water partition coefficient (Wildman–Crippen LogP) is 3.15. The lowest BCUT2D eigenvalue weighted by molar-refractivity contribution is -0.145. The normalized spacial score (nSPS) is 14.7. The van der Waals surface area contributed by atoms with Gasteiger partial charge in [0.2, 0.25) is 0 Å². The highest BCUT2D eigenvalue weighted by atomic mass is 32.1. The van der Waals surface area contributed by atoms with Crippen LogP contribution in [0.2, 0.25) is 0 Å². The number of esters is 2. The van der Waals surface area contributed by atoms with E-state index < -0.39 is 18.0 Å². The lowest BCUT2D eigenvalue weighted by Gasteiger charge is -2.25. The van der Waals surface area contributed by atoms with E-state index in [1.165, 1.54) is 15.9 Å². The topological polar surface area (TPSA) is 115 Å². The van der Waals surface area contributed by atoms with E-state index in [4.69, 9.17) is 23.7 Å². The number of hydrogen-bond acceptors (Lipinski definition) is 10. The Morgan fingerprint density at radius 3 is 2.37 bits per heavy atom. The number of fused-ring (bicyclic) bond motifs is 1. The van der Waals surface area contributed by atoms with Crippen LogP contribution in [0.5, 0.6) is 17.2 Å². The molecule has 0 saturated heterocycles. The number of hydrogen-bond donors (Lipinski definition) is 0. The summed E-state index contributed by atoms with van der Waals surface area (Å²) in [6.07, 6.45) is 1.75. The van der Waals surface area contributed by atoms with Crippen molar-refractivity contribution < 1.29 is 33.3 Å². The number of thiazole rings is 1. The van der Waals surface area contributed by atoms with Crippen molar-refractivity contribution in [2.24, 2.45) is 4.99 Å². The summed E-state index contributed by atoms with van der Waals surface area (Å²) in [5.41, 5.74) is 1.85. The third-order valence-corrected chi connectivity index (χ3v) is 7.14. The van der Waals surface area contributed by atoms with Gasteiger partial charge in [-0.1, -0.05) is 29.5 Å². The zero-order valence-electron chi connectivity index (χ0n) is 23.6. The van der Waals surface area contributed by atoms with Crippen molar-refractivity contribution in [2.45, 2.75) is 33.7 Å². The summed E-state index contributed by atoms with van der Waals surface area (Å²) in [5.74, 6) is 0.542. The molecule has 10 nitrogen and oxygen atoms in total. The number of rotatable bonds is 11. The lowest BCUT2D eigenvalue weighted by Crippen LogP contribution is -2.40. The van der Waals surface area contributed by atoms with E-state index >= 15 is 0 Å². The van der Waals surface area contributed by atoms with Crippen molar-refractivity contribution in [3.8, 4) is 17.2 Å². The smallest absolute Gasteiger partial charge is 0.344 e. The average Bonchev–Trinajstić information content (AvgIpc) is 3.26. The lowest BCUT2D eigenvalue weighted by atomic mass is 9.95. The third-order valence-electron chi connectivity index (χ3n) is 6.16. The van der Waals surface area contributed by atoms with Crippen molar-refractivity contribution in [1.29, 1.82) is 0 Å². The summed E-state index contributed by atoms with van der Waals surface area (Å²) in [6.45, 7) is 7.74. The molecule has 1 aliphatic heterocycles. The van der Waals surface area contributed by atoms with Crippen molar-refractivity contribution in [2.75, 3.05) is 33.5 Å². The van der Waals surface area contributed by atoms with Crippen LogP contribution in [0.15, 0.2) is 63.5 Å². The van der Waals surface area contributed by atoms with Gasteiger partial charge < -0.3 is 23.7 Å². The molecule has 0 radical (unpaired) electrons. The fourth-order valence-corrected chi connectivity index (χ4v) is 5.44. The maximum atomic E-state index is 13.8. The van der Waals surface area contributed by atoms with E-state index in [9.17, 15) is 14.4 Å². The van der Waals surface area contributed by atoms with Gasteiger partial charge in [0.25, 0.3) is 5.56 Å². The summed E-state index contributed by atoms with van der Waals surface area (Å²) < 4.78 is 28.9. The maximum Gasteiger partial charge on any atom is 0.344 e. The Kier molecular flexibility index (Phi) is 9.61. The zero-order valence-corrected chi connectivity index (χ0v) is 24.4. The highest BCUT2D eigenvalue weighted by Gasteiger charge is 2.34. The molecule has 0 bridgehead atoms. The molecule has 0 unspecified atom stereocenters. The summed E-state index contributed by atoms with van der Waals surface area (Å²) in [7, 11) is 1.55. The highest BCUT2D eigenvalue weighted by molar-refractivity contribution is 7.07. The average molecular weight is 581 g/mol. The first-order valence-corrected chi connectivity index (χ1v) is 14.0. The largest absolute Gasteiger partial charge is 0.493 e. The first-order chi connectivity index (χ1) is 19.8. The van der Waals surface area contributed by atoms with Crippen LogP contribution in [0, 0.1) is 0 Å². The molecular weight excluding hydrogens is 548 g/mol. The van der Waals surface area contributed by atoms with Gasteiger partial charge in [-0.15, -0.1) is 0 Å². The molecule has 0 spiro atoms. The Morgan fingerprint density at radius 2 is 1.71 bits per heavy atom. The number of allylic oxidation sites excluding steroid dienone is 1. The number of aromatic nitrogens is 1. The maximum absolute atomic E-state index is 13.8. The minimum atomic E-state index is -0.781. The van der Waals surface area contributed by atoms with Crippen LogP contribution in [-0.4, -0.2) is 50.0 Å². The molecule has 2 aromatic carbocycles. The summed E-state index contributed by atoms with van der Waals surface area (Å²) in [5, 5.41) is 0. The molecule has 11 heteroatoms. The second kappa shape index (κ2) is 13.3. The van der Waals surface area contributed by atoms with Gasteiger partial charge in [0.1, 0.15) is 5.75 Å². The number of methoxy groups -OCH3 is 1. The summed E-state index contributed by atoms with van der Waals surface area (Å²) >= 11 is 1.23. The number of carbonyl (C=O) groups excluding carboxylic acids is 2. The van der Waals surface area contributed by atoms with Crippen molar-refractivity contribution in [3.05, 3.63) is 84.5 Å². The van der Waals surface area contributed by atoms with Gasteiger partial charge in [0.05, 0.1) is 48.8 Å². The first kappa shape index (κ1) is 29.6. The second-order valence-corrected chi connectivity index (χ2v) is 9.82. The SMILES string of the molecule is CCOC(=O)COc1ccc(/C=c2\sc3n(c2=O)[C@H](c2ccc(OC)c(OCC)c2)C(C(=O)OCC)=C(C)N=3)cc1. The van der Waals surface area contributed by atoms with E-state index in [2.05, 4.69) is 4.99 Å². The second-order valence-electron chi connectivity index (χ2n) is 8.81. The fourth-order valence-electron chi connectivity index (χ4n) is 4.40. The Labute approximate surface area is 241 Å².